The smallest absolute Gasteiger partial charge is 0.415 e. The molecule has 0 unspecified atom stereocenters. The number of aromatic amines is 1. The number of ether oxygens (including phenoxy) is 1. The molecule has 2 N–H and O–H groups in total. The first-order chi connectivity index (χ1) is 15.3. The molecule has 1 fully saturated rings. The largest absolute Gasteiger partial charge is 0.493 e. The predicted octanol–water partition coefficient (Wildman–Crippen LogP) is 3.61. The molecule has 0 aromatic carbocycles. The molecule has 4 heterocycles. The number of piperazine rings is 1. The molecule has 0 atom stereocenters. The van der Waals surface area contributed by atoms with Gasteiger partial charge in [0.1, 0.15) is 17.5 Å². The van der Waals surface area contributed by atoms with E-state index >= 15 is 0 Å². The SMILES string of the molecule is CC(C)c1[nH]c(=S)n(-c2ccc(OC(=O)N3CCN(c4ccc(F)cn4)CC3)cn2)c1O. The fourth-order valence-electron chi connectivity index (χ4n) is 3.46. The normalized spacial score (nSPS) is 14.1. The van der Waals surface area contributed by atoms with Crippen LogP contribution >= 0.6 is 12.2 Å². The lowest BCUT2D eigenvalue weighted by molar-refractivity contribution is 0.149. The van der Waals surface area contributed by atoms with E-state index in [1.54, 1.807) is 23.1 Å². The number of halogens is 1. The van der Waals surface area contributed by atoms with Gasteiger partial charge in [0.2, 0.25) is 5.88 Å². The number of anilines is 1. The van der Waals surface area contributed by atoms with Crippen molar-refractivity contribution in [1.82, 2.24) is 24.4 Å². The highest BCUT2D eigenvalue weighted by Gasteiger charge is 2.24. The van der Waals surface area contributed by atoms with E-state index in [2.05, 4.69) is 15.0 Å². The zero-order valence-corrected chi connectivity index (χ0v) is 18.5. The number of nitrogens with one attached hydrogen (secondary N) is 1. The molecule has 3 aromatic heterocycles. The lowest BCUT2D eigenvalue weighted by Gasteiger charge is -2.34. The Hall–Kier alpha value is -3.47. The summed E-state index contributed by atoms with van der Waals surface area (Å²) in [4.78, 5) is 27.4. The highest BCUT2D eigenvalue weighted by Crippen LogP contribution is 2.27. The van der Waals surface area contributed by atoms with E-state index < -0.39 is 6.09 Å². The van der Waals surface area contributed by atoms with Gasteiger partial charge in [-0.25, -0.2) is 23.7 Å². The third kappa shape index (κ3) is 4.42. The summed E-state index contributed by atoms with van der Waals surface area (Å²) in [6.45, 7) is 5.91. The van der Waals surface area contributed by atoms with E-state index in [1.807, 2.05) is 18.7 Å². The Morgan fingerprint density at radius 1 is 1.12 bits per heavy atom. The number of hydrogen-bond acceptors (Lipinski definition) is 7. The average Bonchev–Trinajstić information content (AvgIpc) is 3.09. The number of H-pyrrole nitrogens is 1. The van der Waals surface area contributed by atoms with Crippen molar-refractivity contribution in [1.29, 1.82) is 0 Å². The fourth-order valence-corrected chi connectivity index (χ4v) is 3.75. The van der Waals surface area contributed by atoms with Crippen molar-refractivity contribution in [2.75, 3.05) is 31.1 Å². The molecule has 3 aromatic rings. The van der Waals surface area contributed by atoms with Gasteiger partial charge in [-0.05, 0) is 42.4 Å². The molecule has 1 amide bonds. The Labute approximate surface area is 189 Å². The number of carbonyl (C=O) groups is 1. The molecule has 1 aliphatic rings. The van der Waals surface area contributed by atoms with E-state index in [4.69, 9.17) is 17.0 Å². The average molecular weight is 459 g/mol. The summed E-state index contributed by atoms with van der Waals surface area (Å²) in [5, 5.41) is 10.4. The number of pyridine rings is 2. The number of nitrogens with zero attached hydrogens (tertiary/aromatic N) is 5. The molecule has 168 valence electrons. The lowest BCUT2D eigenvalue weighted by atomic mass is 10.1. The van der Waals surface area contributed by atoms with Gasteiger partial charge in [-0.15, -0.1) is 0 Å². The Morgan fingerprint density at radius 3 is 2.38 bits per heavy atom. The monoisotopic (exact) mass is 458 g/mol. The van der Waals surface area contributed by atoms with Crippen LogP contribution in [0.1, 0.15) is 25.5 Å². The van der Waals surface area contributed by atoms with Crippen LogP contribution < -0.4 is 9.64 Å². The summed E-state index contributed by atoms with van der Waals surface area (Å²) in [5.74, 6) is 1.06. The maximum Gasteiger partial charge on any atom is 0.415 e. The van der Waals surface area contributed by atoms with Gasteiger partial charge in [0.15, 0.2) is 10.5 Å². The number of hydrogen-bond donors (Lipinski definition) is 2. The van der Waals surface area contributed by atoms with Crippen LogP contribution in [0.2, 0.25) is 0 Å². The minimum atomic E-state index is -0.477. The van der Waals surface area contributed by atoms with Gasteiger partial charge in [-0.3, -0.25) is 0 Å². The third-order valence-corrected chi connectivity index (χ3v) is 5.49. The van der Waals surface area contributed by atoms with Gasteiger partial charge >= 0.3 is 6.09 Å². The van der Waals surface area contributed by atoms with Crippen molar-refractivity contribution in [2.24, 2.45) is 0 Å². The van der Waals surface area contributed by atoms with Crippen LogP contribution in [0.15, 0.2) is 36.7 Å². The molecule has 9 nitrogen and oxygen atoms in total. The van der Waals surface area contributed by atoms with Gasteiger partial charge in [-0.1, -0.05) is 13.8 Å². The van der Waals surface area contributed by atoms with Crippen molar-refractivity contribution in [3.8, 4) is 17.4 Å². The summed E-state index contributed by atoms with van der Waals surface area (Å²) < 4.78 is 20.2. The summed E-state index contributed by atoms with van der Waals surface area (Å²) in [5.41, 5.74) is 0.627. The minimum absolute atomic E-state index is 0.00996. The number of rotatable bonds is 4. The molecule has 0 saturated carbocycles. The quantitative estimate of drug-likeness (QED) is 0.576. The van der Waals surface area contributed by atoms with Crippen LogP contribution in [0.25, 0.3) is 5.82 Å². The van der Waals surface area contributed by atoms with Gasteiger partial charge in [0.05, 0.1) is 18.1 Å². The molecule has 32 heavy (non-hydrogen) atoms. The van der Waals surface area contributed by atoms with E-state index in [0.717, 1.165) is 0 Å². The van der Waals surface area contributed by atoms with Crippen LogP contribution in [0, 0.1) is 10.6 Å². The first-order valence-electron chi connectivity index (χ1n) is 10.2. The second-order valence-electron chi connectivity index (χ2n) is 7.69. The Kier molecular flexibility index (Phi) is 6.08. The number of amides is 1. The molecular formula is C21H23FN6O3S. The van der Waals surface area contributed by atoms with Crippen molar-refractivity contribution >= 4 is 24.1 Å². The van der Waals surface area contributed by atoms with E-state index in [9.17, 15) is 14.3 Å². The van der Waals surface area contributed by atoms with E-state index in [-0.39, 0.29) is 23.4 Å². The molecule has 1 aliphatic heterocycles. The Morgan fingerprint density at radius 2 is 1.81 bits per heavy atom. The van der Waals surface area contributed by atoms with Gasteiger partial charge in [0, 0.05) is 26.2 Å². The van der Waals surface area contributed by atoms with Gasteiger partial charge in [0.25, 0.3) is 0 Å². The standard InChI is InChI=1S/C21H23FN6O3S/c1-13(2)18-19(29)28(20(32)25-18)17-6-4-15(12-24-17)31-21(30)27-9-7-26(8-10-27)16-5-3-14(22)11-23-16/h3-6,11-13,29H,7-10H2,1-2H3,(H,25,32). The number of aromatic hydroxyl groups is 1. The summed E-state index contributed by atoms with van der Waals surface area (Å²) >= 11 is 5.29. The van der Waals surface area contributed by atoms with E-state index in [1.165, 1.54) is 23.0 Å². The maximum atomic E-state index is 13.0. The number of carbonyl (C=O) groups excluding carboxylic acids is 1. The Bertz CT molecular complexity index is 1150. The van der Waals surface area contributed by atoms with E-state index in [0.29, 0.717) is 48.3 Å². The summed E-state index contributed by atoms with van der Waals surface area (Å²) in [7, 11) is 0. The topological polar surface area (TPSA) is 99.5 Å². The molecule has 4 rings (SSSR count). The minimum Gasteiger partial charge on any atom is -0.493 e. The van der Waals surface area contributed by atoms with Crippen LogP contribution in [0.3, 0.4) is 0 Å². The molecule has 0 bridgehead atoms. The molecule has 0 aliphatic carbocycles. The summed E-state index contributed by atoms with van der Waals surface area (Å²) in [6, 6.07) is 6.20. The fraction of sp³-hybridized carbons (Fsp3) is 0.333. The van der Waals surface area contributed by atoms with Gasteiger partial charge in [-0.2, -0.15) is 0 Å². The van der Waals surface area contributed by atoms with Crippen LogP contribution in [0.5, 0.6) is 11.6 Å². The predicted molar refractivity (Wildman–Crippen MR) is 119 cm³/mol. The van der Waals surface area contributed by atoms with Crippen molar-refractivity contribution in [3.05, 3.63) is 52.9 Å². The molecule has 11 heteroatoms. The lowest BCUT2D eigenvalue weighted by Crippen LogP contribution is -2.49. The van der Waals surface area contributed by atoms with Gasteiger partial charge < -0.3 is 24.6 Å². The van der Waals surface area contributed by atoms with Crippen molar-refractivity contribution in [2.45, 2.75) is 19.8 Å². The van der Waals surface area contributed by atoms with Crippen molar-refractivity contribution < 1.29 is 19.0 Å². The molecular weight excluding hydrogens is 435 g/mol. The van der Waals surface area contributed by atoms with Crippen LogP contribution in [-0.4, -0.2) is 61.8 Å². The number of aromatic nitrogens is 4. The first-order valence-corrected chi connectivity index (χ1v) is 10.6. The van der Waals surface area contributed by atoms with Crippen LogP contribution in [0.4, 0.5) is 15.0 Å². The zero-order valence-electron chi connectivity index (χ0n) is 17.7. The second-order valence-corrected chi connectivity index (χ2v) is 8.07. The first kappa shape index (κ1) is 21.8. The highest BCUT2D eigenvalue weighted by atomic mass is 32.1. The molecule has 0 spiro atoms. The maximum absolute atomic E-state index is 13.0. The highest BCUT2D eigenvalue weighted by molar-refractivity contribution is 7.71. The number of imidazole rings is 1. The molecule has 1 saturated heterocycles. The summed E-state index contributed by atoms with van der Waals surface area (Å²) in [6.07, 6.45) is 2.11. The van der Waals surface area contributed by atoms with Crippen LogP contribution in [-0.2, 0) is 0 Å². The molecule has 0 radical (unpaired) electrons. The second kappa shape index (κ2) is 8.95. The van der Waals surface area contributed by atoms with Crippen molar-refractivity contribution in [3.63, 3.8) is 0 Å². The third-order valence-electron chi connectivity index (χ3n) is 5.20. The zero-order chi connectivity index (χ0) is 22.8. The Balaban J connectivity index is 1.38.